The maximum absolute atomic E-state index is 9.05. The molecule has 0 aliphatic rings. The molecule has 1 aromatic heterocycles. The minimum Gasteiger partial charge on any atom is -0.397 e. The van der Waals surface area contributed by atoms with Gasteiger partial charge in [0.2, 0.25) is 0 Å². The second kappa shape index (κ2) is 4.60. The molecule has 0 bridgehead atoms. The SMILES string of the molecule is CCc1c(-c2ccccc2C)sc(C#N)c1N. The molecule has 1 heterocycles. The molecule has 86 valence electrons. The molecule has 2 N–H and O–H groups in total. The third kappa shape index (κ3) is 1.92. The number of hydrogen-bond donors (Lipinski definition) is 1. The monoisotopic (exact) mass is 242 g/mol. The first-order valence-corrected chi connectivity index (χ1v) is 6.38. The van der Waals surface area contributed by atoms with Crippen molar-refractivity contribution in [1.29, 1.82) is 5.26 Å². The van der Waals surface area contributed by atoms with Gasteiger partial charge in [-0.1, -0.05) is 31.2 Å². The van der Waals surface area contributed by atoms with Gasteiger partial charge in [0.25, 0.3) is 0 Å². The van der Waals surface area contributed by atoms with Gasteiger partial charge >= 0.3 is 0 Å². The highest BCUT2D eigenvalue weighted by Crippen LogP contribution is 2.39. The van der Waals surface area contributed by atoms with Gasteiger partial charge in [-0.25, -0.2) is 0 Å². The molecule has 17 heavy (non-hydrogen) atoms. The summed E-state index contributed by atoms with van der Waals surface area (Å²) < 4.78 is 0. The average Bonchev–Trinajstić information content (AvgIpc) is 2.66. The van der Waals surface area contributed by atoms with E-state index in [0.717, 1.165) is 16.9 Å². The zero-order valence-corrected chi connectivity index (χ0v) is 10.8. The Morgan fingerprint density at radius 1 is 1.35 bits per heavy atom. The molecule has 2 aromatic rings. The third-order valence-corrected chi connectivity index (χ3v) is 4.08. The first-order valence-electron chi connectivity index (χ1n) is 5.56. The fourth-order valence-corrected chi connectivity index (χ4v) is 3.16. The zero-order valence-electron chi connectivity index (χ0n) is 9.95. The topological polar surface area (TPSA) is 49.8 Å². The summed E-state index contributed by atoms with van der Waals surface area (Å²) in [5.74, 6) is 0. The number of hydrogen-bond acceptors (Lipinski definition) is 3. The van der Waals surface area contributed by atoms with Crippen molar-refractivity contribution in [3.63, 3.8) is 0 Å². The highest BCUT2D eigenvalue weighted by molar-refractivity contribution is 7.16. The van der Waals surface area contributed by atoms with Crippen LogP contribution in [0.15, 0.2) is 24.3 Å². The molecule has 2 nitrogen and oxygen atoms in total. The van der Waals surface area contributed by atoms with Gasteiger partial charge in [-0.3, -0.25) is 0 Å². The van der Waals surface area contributed by atoms with Gasteiger partial charge in [-0.2, -0.15) is 5.26 Å². The Labute approximate surface area is 105 Å². The molecule has 0 aliphatic heterocycles. The van der Waals surface area contributed by atoms with E-state index in [9.17, 15) is 0 Å². The molecule has 1 aromatic carbocycles. The van der Waals surface area contributed by atoms with E-state index in [1.807, 2.05) is 12.1 Å². The van der Waals surface area contributed by atoms with Crippen LogP contribution in [0.1, 0.15) is 22.9 Å². The van der Waals surface area contributed by atoms with Gasteiger partial charge in [0.1, 0.15) is 10.9 Å². The van der Waals surface area contributed by atoms with Gasteiger partial charge in [-0.15, -0.1) is 11.3 Å². The number of aryl methyl sites for hydroxylation is 1. The van der Waals surface area contributed by atoms with Crippen molar-refractivity contribution in [1.82, 2.24) is 0 Å². The summed E-state index contributed by atoms with van der Waals surface area (Å²) in [6, 6.07) is 10.4. The predicted octanol–water partition coefficient (Wildman–Crippen LogP) is 3.74. The quantitative estimate of drug-likeness (QED) is 0.872. The van der Waals surface area contributed by atoms with Crippen molar-refractivity contribution in [3.8, 4) is 16.5 Å². The minimum absolute atomic E-state index is 0.625. The van der Waals surface area contributed by atoms with Crippen LogP contribution < -0.4 is 5.73 Å². The van der Waals surface area contributed by atoms with Gasteiger partial charge in [0.15, 0.2) is 0 Å². The van der Waals surface area contributed by atoms with Gasteiger partial charge < -0.3 is 5.73 Å². The summed E-state index contributed by atoms with van der Waals surface area (Å²) in [6.45, 7) is 4.15. The van der Waals surface area contributed by atoms with Crippen molar-refractivity contribution in [2.24, 2.45) is 0 Å². The first-order chi connectivity index (χ1) is 8.19. The highest BCUT2D eigenvalue weighted by Gasteiger charge is 2.16. The van der Waals surface area contributed by atoms with E-state index in [2.05, 4.69) is 32.0 Å². The maximum atomic E-state index is 9.05. The summed E-state index contributed by atoms with van der Waals surface area (Å²) in [7, 11) is 0. The molecule has 0 unspecified atom stereocenters. The van der Waals surface area contributed by atoms with Crippen LogP contribution >= 0.6 is 11.3 Å². The lowest BCUT2D eigenvalue weighted by Crippen LogP contribution is -1.92. The number of nitrogens with zero attached hydrogens (tertiary/aromatic N) is 1. The molecular weight excluding hydrogens is 228 g/mol. The largest absolute Gasteiger partial charge is 0.397 e. The first kappa shape index (κ1) is 11.7. The van der Waals surface area contributed by atoms with Crippen molar-refractivity contribution < 1.29 is 0 Å². The van der Waals surface area contributed by atoms with E-state index in [1.54, 1.807) is 0 Å². The van der Waals surface area contributed by atoms with Crippen LogP contribution in [0.3, 0.4) is 0 Å². The number of nitrogen functional groups attached to an aromatic ring is 1. The normalized spacial score (nSPS) is 10.2. The zero-order chi connectivity index (χ0) is 12.4. The summed E-state index contributed by atoms with van der Waals surface area (Å²) in [5, 5.41) is 9.05. The van der Waals surface area contributed by atoms with E-state index < -0.39 is 0 Å². The Morgan fingerprint density at radius 2 is 2.06 bits per heavy atom. The lowest BCUT2D eigenvalue weighted by atomic mass is 10.0. The van der Waals surface area contributed by atoms with E-state index in [-0.39, 0.29) is 0 Å². The molecule has 0 radical (unpaired) electrons. The number of nitriles is 1. The Balaban J connectivity index is 2.69. The molecule has 0 fully saturated rings. The number of rotatable bonds is 2. The van der Waals surface area contributed by atoms with Crippen LogP contribution in [0.2, 0.25) is 0 Å². The second-order valence-electron chi connectivity index (χ2n) is 3.93. The molecule has 0 saturated carbocycles. The van der Waals surface area contributed by atoms with Crippen molar-refractivity contribution in [2.75, 3.05) is 5.73 Å². The molecule has 0 saturated heterocycles. The van der Waals surface area contributed by atoms with E-state index in [0.29, 0.717) is 10.6 Å². The van der Waals surface area contributed by atoms with Crippen LogP contribution in [-0.2, 0) is 6.42 Å². The lowest BCUT2D eigenvalue weighted by molar-refractivity contribution is 1.16. The average molecular weight is 242 g/mol. The van der Waals surface area contributed by atoms with Gasteiger partial charge in [-0.05, 0) is 30.0 Å². The van der Waals surface area contributed by atoms with Crippen molar-refractivity contribution >= 4 is 17.0 Å². The van der Waals surface area contributed by atoms with Crippen molar-refractivity contribution in [2.45, 2.75) is 20.3 Å². The Bertz CT molecular complexity index is 591. The number of nitrogens with two attached hydrogens (primary N) is 1. The summed E-state index contributed by atoms with van der Waals surface area (Å²) in [4.78, 5) is 1.76. The fraction of sp³-hybridized carbons (Fsp3) is 0.214. The fourth-order valence-electron chi connectivity index (χ4n) is 1.96. The van der Waals surface area contributed by atoms with Gasteiger partial charge in [0.05, 0.1) is 5.69 Å². The second-order valence-corrected chi connectivity index (χ2v) is 4.95. The Kier molecular flexibility index (Phi) is 3.16. The van der Waals surface area contributed by atoms with Crippen LogP contribution in [0.5, 0.6) is 0 Å². The molecule has 0 atom stereocenters. The molecule has 0 aliphatic carbocycles. The van der Waals surface area contributed by atoms with Gasteiger partial charge in [0, 0.05) is 4.88 Å². The summed E-state index contributed by atoms with van der Waals surface area (Å²) in [5.41, 5.74) is 10.1. The number of thiophene rings is 1. The van der Waals surface area contributed by atoms with Crippen LogP contribution in [0.25, 0.3) is 10.4 Å². The minimum atomic E-state index is 0.625. The van der Waals surface area contributed by atoms with Crippen LogP contribution in [-0.4, -0.2) is 0 Å². The Morgan fingerprint density at radius 3 is 2.65 bits per heavy atom. The third-order valence-electron chi connectivity index (χ3n) is 2.89. The van der Waals surface area contributed by atoms with E-state index in [4.69, 9.17) is 11.0 Å². The molecule has 0 spiro atoms. The van der Waals surface area contributed by atoms with E-state index in [1.165, 1.54) is 22.5 Å². The van der Waals surface area contributed by atoms with Crippen LogP contribution in [0.4, 0.5) is 5.69 Å². The molecular formula is C14H14N2S. The van der Waals surface area contributed by atoms with Crippen LogP contribution in [0, 0.1) is 18.3 Å². The van der Waals surface area contributed by atoms with E-state index >= 15 is 0 Å². The highest BCUT2D eigenvalue weighted by atomic mass is 32.1. The standard InChI is InChI=1S/C14H14N2S/c1-3-10-13(16)12(8-15)17-14(10)11-7-5-4-6-9(11)2/h4-7H,3,16H2,1-2H3. The lowest BCUT2D eigenvalue weighted by Gasteiger charge is -2.05. The maximum Gasteiger partial charge on any atom is 0.128 e. The molecule has 3 heteroatoms. The number of benzene rings is 1. The Hall–Kier alpha value is -1.79. The summed E-state index contributed by atoms with van der Waals surface area (Å²) in [6.07, 6.45) is 0.855. The molecule has 0 amide bonds. The summed E-state index contributed by atoms with van der Waals surface area (Å²) >= 11 is 1.49. The van der Waals surface area contributed by atoms with Crippen molar-refractivity contribution in [3.05, 3.63) is 40.3 Å². The smallest absolute Gasteiger partial charge is 0.128 e. The molecule has 2 rings (SSSR count). The predicted molar refractivity (Wildman–Crippen MR) is 73.0 cm³/mol. The number of anilines is 1.